The number of benzene rings is 1. The fraction of sp³-hybridized carbons (Fsp3) is 0.538. The van der Waals surface area contributed by atoms with E-state index in [2.05, 4.69) is 5.32 Å². The third-order valence-corrected chi connectivity index (χ3v) is 3.12. The van der Waals surface area contributed by atoms with Gasteiger partial charge in [0.1, 0.15) is 5.60 Å². The molecule has 1 atom stereocenters. The average Bonchev–Trinajstić information content (AvgIpc) is 2.35. The first kappa shape index (κ1) is 14.5. The van der Waals surface area contributed by atoms with Crippen molar-refractivity contribution in [2.45, 2.75) is 18.9 Å². The summed E-state index contributed by atoms with van der Waals surface area (Å²) in [5.74, 6) is 0. The molecule has 2 N–H and O–H groups in total. The Morgan fingerprint density at radius 3 is 2.53 bits per heavy atom. The summed E-state index contributed by atoms with van der Waals surface area (Å²) in [5, 5.41) is 14.4. The van der Waals surface area contributed by atoms with Gasteiger partial charge in [0.2, 0.25) is 0 Å². The smallest absolute Gasteiger partial charge is 0.102 e. The molecule has 0 amide bonds. The summed E-state index contributed by atoms with van der Waals surface area (Å²) in [6.07, 6.45) is 0.647. The van der Waals surface area contributed by atoms with Gasteiger partial charge in [-0.05, 0) is 24.1 Å². The van der Waals surface area contributed by atoms with Gasteiger partial charge < -0.3 is 15.2 Å². The third kappa shape index (κ3) is 4.28. The van der Waals surface area contributed by atoms with E-state index in [-0.39, 0.29) is 0 Å². The van der Waals surface area contributed by atoms with Gasteiger partial charge in [-0.15, -0.1) is 0 Å². The highest BCUT2D eigenvalue weighted by molar-refractivity contribution is 6.30. The quantitative estimate of drug-likeness (QED) is 0.736. The van der Waals surface area contributed by atoms with E-state index in [9.17, 15) is 5.11 Å². The van der Waals surface area contributed by atoms with Crippen LogP contribution >= 0.6 is 11.6 Å². The van der Waals surface area contributed by atoms with E-state index in [4.69, 9.17) is 16.3 Å². The summed E-state index contributed by atoms with van der Waals surface area (Å²) in [4.78, 5) is 0. The number of halogens is 1. The number of methoxy groups -OCH3 is 1. The van der Waals surface area contributed by atoms with Crippen LogP contribution in [0.25, 0.3) is 0 Å². The lowest BCUT2D eigenvalue weighted by Gasteiger charge is -2.28. The molecule has 4 heteroatoms. The molecule has 0 fully saturated rings. The molecule has 17 heavy (non-hydrogen) atoms. The SMILES string of the molecule is CCC(O)(CNCCOC)c1ccc(Cl)cc1. The van der Waals surface area contributed by atoms with E-state index in [0.29, 0.717) is 24.6 Å². The normalized spacial score (nSPS) is 14.6. The molecule has 0 saturated heterocycles. The van der Waals surface area contributed by atoms with Crippen molar-refractivity contribution in [1.29, 1.82) is 0 Å². The second kappa shape index (κ2) is 6.97. The summed E-state index contributed by atoms with van der Waals surface area (Å²) in [6.45, 7) is 3.84. The van der Waals surface area contributed by atoms with Crippen molar-refractivity contribution in [3.05, 3.63) is 34.9 Å². The fourth-order valence-electron chi connectivity index (χ4n) is 1.66. The third-order valence-electron chi connectivity index (χ3n) is 2.87. The van der Waals surface area contributed by atoms with Gasteiger partial charge in [-0.3, -0.25) is 0 Å². The molecule has 0 saturated carbocycles. The molecular formula is C13H20ClNO2. The van der Waals surface area contributed by atoms with Crippen molar-refractivity contribution < 1.29 is 9.84 Å². The molecule has 0 radical (unpaired) electrons. The van der Waals surface area contributed by atoms with Crippen molar-refractivity contribution in [3.8, 4) is 0 Å². The summed E-state index contributed by atoms with van der Waals surface area (Å²) < 4.78 is 4.95. The van der Waals surface area contributed by atoms with Crippen LogP contribution in [-0.4, -0.2) is 31.9 Å². The molecule has 1 unspecified atom stereocenters. The maximum absolute atomic E-state index is 10.5. The summed E-state index contributed by atoms with van der Waals surface area (Å²) in [7, 11) is 1.66. The molecule has 0 spiro atoms. The van der Waals surface area contributed by atoms with Crippen LogP contribution in [0.1, 0.15) is 18.9 Å². The highest BCUT2D eigenvalue weighted by atomic mass is 35.5. The predicted molar refractivity (Wildman–Crippen MR) is 70.4 cm³/mol. The first-order valence-corrected chi connectivity index (χ1v) is 6.18. The summed E-state index contributed by atoms with van der Waals surface area (Å²) in [5.41, 5.74) is 0.0347. The van der Waals surface area contributed by atoms with Crippen LogP contribution < -0.4 is 5.32 Å². The summed E-state index contributed by atoms with van der Waals surface area (Å²) in [6, 6.07) is 7.33. The Labute approximate surface area is 108 Å². The van der Waals surface area contributed by atoms with Crippen molar-refractivity contribution in [2.75, 3.05) is 26.8 Å². The van der Waals surface area contributed by atoms with Gasteiger partial charge in [0.25, 0.3) is 0 Å². The molecule has 3 nitrogen and oxygen atoms in total. The second-order valence-electron chi connectivity index (χ2n) is 4.06. The lowest BCUT2D eigenvalue weighted by molar-refractivity contribution is 0.0312. The Bertz CT molecular complexity index is 329. The van der Waals surface area contributed by atoms with Crippen LogP contribution in [0.2, 0.25) is 5.02 Å². The second-order valence-corrected chi connectivity index (χ2v) is 4.50. The zero-order valence-electron chi connectivity index (χ0n) is 10.4. The Morgan fingerprint density at radius 1 is 1.35 bits per heavy atom. The van der Waals surface area contributed by atoms with Crippen LogP contribution in [0.15, 0.2) is 24.3 Å². The molecule has 0 aliphatic rings. The fourth-order valence-corrected chi connectivity index (χ4v) is 1.79. The molecule has 1 rings (SSSR count). The lowest BCUT2D eigenvalue weighted by atomic mass is 9.91. The molecule has 0 aliphatic heterocycles. The number of hydrogen-bond acceptors (Lipinski definition) is 3. The van der Waals surface area contributed by atoms with Crippen molar-refractivity contribution in [3.63, 3.8) is 0 Å². The number of aliphatic hydroxyl groups is 1. The first-order valence-electron chi connectivity index (χ1n) is 5.80. The van der Waals surface area contributed by atoms with Gasteiger partial charge in [-0.25, -0.2) is 0 Å². The molecule has 0 aromatic heterocycles. The van der Waals surface area contributed by atoms with E-state index in [1.807, 2.05) is 19.1 Å². The van der Waals surface area contributed by atoms with Crippen molar-refractivity contribution in [1.82, 2.24) is 5.32 Å². The predicted octanol–water partition coefficient (Wildman–Crippen LogP) is 2.17. The maximum atomic E-state index is 10.5. The Kier molecular flexibility index (Phi) is 5.92. The molecule has 0 heterocycles. The van der Waals surface area contributed by atoms with Crippen LogP contribution in [-0.2, 0) is 10.3 Å². The number of ether oxygens (including phenoxy) is 1. The number of nitrogens with one attached hydrogen (secondary N) is 1. The Morgan fingerprint density at radius 2 is 2.00 bits per heavy atom. The Balaban J connectivity index is 2.63. The average molecular weight is 258 g/mol. The molecule has 0 bridgehead atoms. The number of rotatable bonds is 7. The summed E-state index contributed by atoms with van der Waals surface area (Å²) >= 11 is 5.84. The highest BCUT2D eigenvalue weighted by Gasteiger charge is 2.26. The lowest BCUT2D eigenvalue weighted by Crippen LogP contribution is -2.38. The van der Waals surface area contributed by atoms with Crippen LogP contribution in [0, 0.1) is 0 Å². The van der Waals surface area contributed by atoms with Crippen molar-refractivity contribution in [2.24, 2.45) is 0 Å². The van der Waals surface area contributed by atoms with E-state index >= 15 is 0 Å². The van der Waals surface area contributed by atoms with Crippen molar-refractivity contribution >= 4 is 11.6 Å². The van der Waals surface area contributed by atoms with E-state index < -0.39 is 5.60 Å². The molecule has 0 aliphatic carbocycles. The van der Waals surface area contributed by atoms with E-state index in [1.54, 1.807) is 19.2 Å². The van der Waals surface area contributed by atoms with Crippen LogP contribution in [0.4, 0.5) is 0 Å². The van der Waals surface area contributed by atoms with E-state index in [0.717, 1.165) is 12.1 Å². The minimum atomic E-state index is -0.849. The topological polar surface area (TPSA) is 41.5 Å². The number of hydrogen-bond donors (Lipinski definition) is 2. The minimum absolute atomic E-state index is 0.508. The van der Waals surface area contributed by atoms with Crippen LogP contribution in [0.5, 0.6) is 0 Å². The zero-order chi connectivity index (χ0) is 12.7. The molecule has 96 valence electrons. The largest absolute Gasteiger partial charge is 0.384 e. The monoisotopic (exact) mass is 257 g/mol. The van der Waals surface area contributed by atoms with Gasteiger partial charge in [0.15, 0.2) is 0 Å². The van der Waals surface area contributed by atoms with Gasteiger partial charge in [-0.1, -0.05) is 30.7 Å². The first-order chi connectivity index (χ1) is 8.12. The van der Waals surface area contributed by atoms with E-state index in [1.165, 1.54) is 0 Å². The highest BCUT2D eigenvalue weighted by Crippen LogP contribution is 2.25. The molecule has 1 aromatic carbocycles. The Hall–Kier alpha value is -0.610. The van der Waals surface area contributed by atoms with Gasteiger partial charge in [0, 0.05) is 25.2 Å². The standard InChI is InChI=1S/C13H20ClNO2/c1-3-13(16,10-15-8-9-17-2)11-4-6-12(14)7-5-11/h4-7,15-16H,3,8-10H2,1-2H3. The van der Waals surface area contributed by atoms with Gasteiger partial charge in [-0.2, -0.15) is 0 Å². The van der Waals surface area contributed by atoms with Crippen LogP contribution in [0.3, 0.4) is 0 Å². The molecule has 1 aromatic rings. The zero-order valence-corrected chi connectivity index (χ0v) is 11.1. The maximum Gasteiger partial charge on any atom is 0.102 e. The van der Waals surface area contributed by atoms with Gasteiger partial charge in [0.05, 0.1) is 6.61 Å². The van der Waals surface area contributed by atoms with Gasteiger partial charge >= 0.3 is 0 Å². The minimum Gasteiger partial charge on any atom is -0.384 e. The molecular weight excluding hydrogens is 238 g/mol.